The number of halogens is 4. The third kappa shape index (κ3) is 4.44. The van der Waals surface area contributed by atoms with E-state index >= 15 is 0 Å². The minimum absolute atomic E-state index is 0.141. The van der Waals surface area contributed by atoms with Crippen LogP contribution in [0.5, 0.6) is 0 Å². The fraction of sp³-hybridized carbons (Fsp3) is 0.238. The molecule has 2 aromatic carbocycles. The van der Waals surface area contributed by atoms with Crippen LogP contribution in [0.1, 0.15) is 50.0 Å². The van der Waals surface area contributed by atoms with E-state index in [9.17, 15) is 19.2 Å². The number of esters is 1. The molecule has 0 aliphatic carbocycles. The van der Waals surface area contributed by atoms with Crippen LogP contribution in [0.2, 0.25) is 20.1 Å². The summed E-state index contributed by atoms with van der Waals surface area (Å²) in [5.41, 5.74) is 1.07. The predicted octanol–water partition coefficient (Wildman–Crippen LogP) is 5.41. The van der Waals surface area contributed by atoms with E-state index in [0.717, 1.165) is 10.5 Å². The SMILES string of the molecule is Cc1ccc(C(=O)C(C)OC(=O)CCN2C(=O)c3c(Cl)c(Cl)c(Cl)c(Cl)c3C2=O)cc1. The minimum atomic E-state index is -1.03. The van der Waals surface area contributed by atoms with Gasteiger partial charge >= 0.3 is 5.97 Å². The standard InChI is InChI=1S/C21H15Cl4NO5/c1-9-3-5-11(6-4-9)19(28)10(2)31-12(27)7-8-26-20(29)13-14(21(26)30)16(23)18(25)17(24)15(13)22/h3-6,10H,7-8H2,1-2H3. The van der Waals surface area contributed by atoms with Crippen molar-refractivity contribution in [1.29, 1.82) is 0 Å². The van der Waals surface area contributed by atoms with Gasteiger partial charge in [0.2, 0.25) is 5.78 Å². The second kappa shape index (κ2) is 9.17. The molecule has 0 radical (unpaired) electrons. The van der Waals surface area contributed by atoms with Crippen LogP contribution in [0.4, 0.5) is 0 Å². The van der Waals surface area contributed by atoms with Gasteiger partial charge in [-0.25, -0.2) is 0 Å². The van der Waals surface area contributed by atoms with Crippen molar-refractivity contribution in [3.05, 3.63) is 66.6 Å². The lowest BCUT2D eigenvalue weighted by Gasteiger charge is -2.15. The molecule has 1 heterocycles. The summed E-state index contributed by atoms with van der Waals surface area (Å²) >= 11 is 24.1. The van der Waals surface area contributed by atoms with Gasteiger partial charge in [-0.2, -0.15) is 0 Å². The molecule has 2 aromatic rings. The van der Waals surface area contributed by atoms with Gasteiger partial charge in [-0.3, -0.25) is 24.1 Å². The Bertz CT molecular complexity index is 1070. The van der Waals surface area contributed by atoms with Gasteiger partial charge in [0.15, 0.2) is 6.10 Å². The number of nitrogens with zero attached hydrogens (tertiary/aromatic N) is 1. The van der Waals surface area contributed by atoms with Gasteiger partial charge in [-0.05, 0) is 13.8 Å². The summed E-state index contributed by atoms with van der Waals surface area (Å²) in [7, 11) is 0. The van der Waals surface area contributed by atoms with E-state index in [-0.39, 0.29) is 50.0 Å². The van der Waals surface area contributed by atoms with Crippen LogP contribution in [0.15, 0.2) is 24.3 Å². The van der Waals surface area contributed by atoms with E-state index in [1.165, 1.54) is 6.92 Å². The molecule has 0 saturated heterocycles. The van der Waals surface area contributed by atoms with Crippen LogP contribution >= 0.6 is 46.4 Å². The molecule has 1 aliphatic rings. The number of carbonyl (C=O) groups is 4. The highest BCUT2D eigenvalue weighted by molar-refractivity contribution is 6.55. The van der Waals surface area contributed by atoms with Crippen LogP contribution in [0, 0.1) is 6.92 Å². The first-order valence-electron chi connectivity index (χ1n) is 9.07. The number of rotatable bonds is 6. The molecule has 162 valence electrons. The third-order valence-electron chi connectivity index (χ3n) is 4.74. The molecule has 1 aliphatic heterocycles. The maximum atomic E-state index is 12.7. The van der Waals surface area contributed by atoms with E-state index in [1.54, 1.807) is 24.3 Å². The van der Waals surface area contributed by atoms with Crippen molar-refractivity contribution in [2.45, 2.75) is 26.4 Å². The van der Waals surface area contributed by atoms with Crippen LogP contribution < -0.4 is 0 Å². The molecule has 0 aromatic heterocycles. The van der Waals surface area contributed by atoms with Crippen LogP contribution in [-0.4, -0.2) is 41.1 Å². The second-order valence-electron chi connectivity index (χ2n) is 6.88. The monoisotopic (exact) mass is 501 g/mol. The Hall–Kier alpha value is -2.12. The molecule has 6 nitrogen and oxygen atoms in total. The number of aryl methyl sites for hydroxylation is 1. The zero-order valence-corrected chi connectivity index (χ0v) is 19.3. The highest BCUT2D eigenvalue weighted by atomic mass is 35.5. The van der Waals surface area contributed by atoms with Gasteiger partial charge in [0.25, 0.3) is 11.8 Å². The zero-order chi connectivity index (χ0) is 23.0. The van der Waals surface area contributed by atoms with Crippen LogP contribution in [0.25, 0.3) is 0 Å². The molecule has 0 saturated carbocycles. The Morgan fingerprint density at radius 2 is 1.39 bits per heavy atom. The summed E-state index contributed by atoms with van der Waals surface area (Å²) in [6, 6.07) is 6.84. The number of fused-ring (bicyclic) bond motifs is 1. The highest BCUT2D eigenvalue weighted by Crippen LogP contribution is 2.44. The second-order valence-corrected chi connectivity index (χ2v) is 8.39. The molecule has 1 unspecified atom stereocenters. The lowest BCUT2D eigenvalue weighted by molar-refractivity contribution is -0.146. The molecule has 0 bridgehead atoms. The van der Waals surface area contributed by atoms with E-state index in [1.807, 2.05) is 6.92 Å². The topological polar surface area (TPSA) is 80.8 Å². The summed E-state index contributed by atoms with van der Waals surface area (Å²) in [5.74, 6) is -2.61. The lowest BCUT2D eigenvalue weighted by Crippen LogP contribution is -2.33. The van der Waals surface area contributed by atoms with Gasteiger partial charge in [0, 0.05) is 12.1 Å². The largest absolute Gasteiger partial charge is 0.454 e. The molecule has 1 atom stereocenters. The summed E-state index contributed by atoms with van der Waals surface area (Å²) in [5, 5.41) is -0.658. The van der Waals surface area contributed by atoms with Crippen molar-refractivity contribution in [2.75, 3.05) is 6.54 Å². The average Bonchev–Trinajstić information content (AvgIpc) is 2.99. The zero-order valence-electron chi connectivity index (χ0n) is 16.3. The number of carbonyl (C=O) groups excluding carboxylic acids is 4. The van der Waals surface area contributed by atoms with Gasteiger partial charge in [0.1, 0.15) is 0 Å². The molecule has 0 spiro atoms. The quantitative estimate of drug-likeness (QED) is 0.173. The lowest BCUT2D eigenvalue weighted by atomic mass is 10.1. The number of ether oxygens (including phenoxy) is 1. The third-order valence-corrected chi connectivity index (χ3v) is 6.54. The van der Waals surface area contributed by atoms with E-state index in [2.05, 4.69) is 0 Å². The normalized spacial score (nSPS) is 13.9. The Morgan fingerprint density at radius 3 is 1.87 bits per heavy atom. The van der Waals surface area contributed by atoms with Crippen LogP contribution in [0.3, 0.4) is 0 Å². The molecule has 31 heavy (non-hydrogen) atoms. The number of hydrogen-bond donors (Lipinski definition) is 0. The highest BCUT2D eigenvalue weighted by Gasteiger charge is 2.41. The Morgan fingerprint density at radius 1 is 0.903 bits per heavy atom. The maximum Gasteiger partial charge on any atom is 0.308 e. The number of imide groups is 1. The van der Waals surface area contributed by atoms with Gasteiger partial charge in [-0.15, -0.1) is 0 Å². The molecule has 2 amide bonds. The predicted molar refractivity (Wildman–Crippen MR) is 118 cm³/mol. The first-order chi connectivity index (χ1) is 14.5. The van der Waals surface area contributed by atoms with Gasteiger partial charge in [0.05, 0.1) is 37.6 Å². The molecule has 10 heteroatoms. The molecule has 0 fully saturated rings. The van der Waals surface area contributed by atoms with Gasteiger partial charge in [-0.1, -0.05) is 76.2 Å². The average molecular weight is 503 g/mol. The summed E-state index contributed by atoms with van der Waals surface area (Å²) in [4.78, 5) is 50.7. The van der Waals surface area contributed by atoms with E-state index in [0.29, 0.717) is 5.56 Å². The molecule has 3 rings (SSSR count). The van der Waals surface area contributed by atoms with Crippen molar-refractivity contribution in [3.8, 4) is 0 Å². The molecular formula is C21H15Cl4NO5. The Labute approximate surface area is 197 Å². The van der Waals surface area contributed by atoms with Crippen molar-refractivity contribution < 1.29 is 23.9 Å². The molecule has 0 N–H and O–H groups in total. The van der Waals surface area contributed by atoms with Crippen molar-refractivity contribution in [2.24, 2.45) is 0 Å². The van der Waals surface area contributed by atoms with E-state index < -0.39 is 23.9 Å². The number of ketones is 1. The fourth-order valence-electron chi connectivity index (χ4n) is 3.06. The van der Waals surface area contributed by atoms with Crippen molar-refractivity contribution >= 4 is 70.0 Å². The Kier molecular flexibility index (Phi) is 6.96. The minimum Gasteiger partial charge on any atom is -0.454 e. The van der Waals surface area contributed by atoms with Crippen LogP contribution in [-0.2, 0) is 9.53 Å². The number of Topliss-reactive ketones (excluding diaryl/α,β-unsaturated/α-hetero) is 1. The first-order valence-corrected chi connectivity index (χ1v) is 10.6. The maximum absolute atomic E-state index is 12.7. The fourth-order valence-corrected chi connectivity index (χ4v) is 4.08. The molecular weight excluding hydrogens is 488 g/mol. The summed E-state index contributed by atoms with van der Waals surface area (Å²) in [6.45, 7) is 3.05. The number of hydrogen-bond acceptors (Lipinski definition) is 5. The smallest absolute Gasteiger partial charge is 0.308 e. The van der Waals surface area contributed by atoms with Gasteiger partial charge < -0.3 is 4.74 Å². The van der Waals surface area contributed by atoms with Crippen molar-refractivity contribution in [1.82, 2.24) is 4.90 Å². The Balaban J connectivity index is 1.67. The summed E-state index contributed by atoms with van der Waals surface area (Å²) < 4.78 is 5.16. The van der Waals surface area contributed by atoms with E-state index in [4.69, 9.17) is 51.1 Å². The first kappa shape index (κ1) is 23.5. The van der Waals surface area contributed by atoms with Crippen molar-refractivity contribution in [3.63, 3.8) is 0 Å². The number of amides is 2. The summed E-state index contributed by atoms with van der Waals surface area (Å²) in [6.07, 6.45) is -1.35. The number of benzene rings is 2.